The standard InChI is InChI=1S/C10H19N3O5/c1-11-8(14)3-4-12-10(17)13(5-6-18-2)7-9(15)16/h3-7H2,1-2H3,(H,11,14)(H,12,17)(H,15,16). The van der Waals surface area contributed by atoms with Crippen LogP contribution in [0, 0.1) is 0 Å². The van der Waals surface area contributed by atoms with Crippen molar-refractivity contribution in [1.82, 2.24) is 15.5 Å². The van der Waals surface area contributed by atoms with Gasteiger partial charge in [-0.3, -0.25) is 9.59 Å². The molecule has 0 rings (SSSR count). The number of carboxylic acids is 1. The fraction of sp³-hybridized carbons (Fsp3) is 0.700. The Morgan fingerprint density at radius 3 is 2.50 bits per heavy atom. The first kappa shape index (κ1) is 16.2. The van der Waals surface area contributed by atoms with Crippen LogP contribution in [0.25, 0.3) is 0 Å². The minimum atomic E-state index is -1.10. The lowest BCUT2D eigenvalue weighted by Gasteiger charge is -2.20. The van der Waals surface area contributed by atoms with E-state index in [2.05, 4.69) is 10.6 Å². The van der Waals surface area contributed by atoms with Gasteiger partial charge in [-0.2, -0.15) is 0 Å². The minimum Gasteiger partial charge on any atom is -0.480 e. The van der Waals surface area contributed by atoms with Crippen LogP contribution in [-0.4, -0.2) is 68.3 Å². The van der Waals surface area contributed by atoms with Crippen LogP contribution in [0.4, 0.5) is 4.79 Å². The van der Waals surface area contributed by atoms with Crippen molar-refractivity contribution in [2.24, 2.45) is 0 Å². The number of carboxylic acid groups (broad SMARTS) is 1. The number of carbonyl (C=O) groups is 3. The van der Waals surface area contributed by atoms with Gasteiger partial charge in [-0.1, -0.05) is 0 Å². The van der Waals surface area contributed by atoms with Crippen molar-refractivity contribution in [3.8, 4) is 0 Å². The largest absolute Gasteiger partial charge is 0.480 e. The lowest BCUT2D eigenvalue weighted by Crippen LogP contribution is -2.45. The van der Waals surface area contributed by atoms with Gasteiger partial charge in [0.2, 0.25) is 5.91 Å². The molecule has 0 unspecified atom stereocenters. The van der Waals surface area contributed by atoms with E-state index in [0.29, 0.717) is 0 Å². The molecule has 0 aromatic heterocycles. The molecule has 3 N–H and O–H groups in total. The van der Waals surface area contributed by atoms with E-state index in [-0.39, 0.29) is 32.0 Å². The number of aliphatic carboxylic acids is 1. The normalized spacial score (nSPS) is 9.67. The van der Waals surface area contributed by atoms with Crippen LogP contribution in [0.3, 0.4) is 0 Å². The Labute approximate surface area is 105 Å². The maximum absolute atomic E-state index is 11.6. The molecule has 8 nitrogen and oxygen atoms in total. The summed E-state index contributed by atoms with van der Waals surface area (Å²) in [5.41, 5.74) is 0. The minimum absolute atomic E-state index is 0.146. The molecule has 0 atom stereocenters. The summed E-state index contributed by atoms with van der Waals surface area (Å²) < 4.78 is 4.79. The quantitative estimate of drug-likeness (QED) is 0.512. The molecule has 0 saturated carbocycles. The first-order valence-electron chi connectivity index (χ1n) is 5.45. The monoisotopic (exact) mass is 261 g/mol. The van der Waals surface area contributed by atoms with Gasteiger partial charge < -0.3 is 25.4 Å². The zero-order valence-corrected chi connectivity index (χ0v) is 10.6. The molecule has 0 bridgehead atoms. The summed E-state index contributed by atoms with van der Waals surface area (Å²) in [5.74, 6) is -1.30. The number of hydrogen-bond acceptors (Lipinski definition) is 4. The Bertz CT molecular complexity index is 295. The predicted octanol–water partition coefficient (Wildman–Crippen LogP) is -1.13. The number of amides is 3. The summed E-state index contributed by atoms with van der Waals surface area (Å²) in [6, 6.07) is -0.529. The SMILES string of the molecule is CNC(=O)CCNC(=O)N(CCOC)CC(=O)O. The number of rotatable bonds is 8. The fourth-order valence-corrected chi connectivity index (χ4v) is 1.14. The molecule has 18 heavy (non-hydrogen) atoms. The third-order valence-electron chi connectivity index (χ3n) is 2.09. The number of nitrogens with zero attached hydrogens (tertiary/aromatic N) is 1. The van der Waals surface area contributed by atoms with Crippen LogP contribution < -0.4 is 10.6 Å². The van der Waals surface area contributed by atoms with Gasteiger partial charge in [-0.05, 0) is 0 Å². The Morgan fingerprint density at radius 1 is 1.33 bits per heavy atom. The number of ether oxygens (including phenoxy) is 1. The smallest absolute Gasteiger partial charge is 0.323 e. The van der Waals surface area contributed by atoms with Gasteiger partial charge in [0, 0.05) is 33.7 Å². The van der Waals surface area contributed by atoms with Gasteiger partial charge in [0.25, 0.3) is 0 Å². The van der Waals surface area contributed by atoms with Crippen molar-refractivity contribution in [1.29, 1.82) is 0 Å². The van der Waals surface area contributed by atoms with Gasteiger partial charge in [0.05, 0.1) is 6.61 Å². The van der Waals surface area contributed by atoms with E-state index < -0.39 is 18.5 Å². The summed E-state index contributed by atoms with van der Waals surface area (Å²) in [6.45, 7) is 0.168. The summed E-state index contributed by atoms with van der Waals surface area (Å²) in [5, 5.41) is 13.5. The Kier molecular flexibility index (Phi) is 8.29. The zero-order chi connectivity index (χ0) is 14.0. The van der Waals surface area contributed by atoms with Crippen LogP contribution in [0.1, 0.15) is 6.42 Å². The Hall–Kier alpha value is -1.83. The van der Waals surface area contributed by atoms with Gasteiger partial charge in [0.15, 0.2) is 0 Å². The van der Waals surface area contributed by atoms with E-state index >= 15 is 0 Å². The van der Waals surface area contributed by atoms with E-state index in [0.717, 1.165) is 4.90 Å². The third kappa shape index (κ3) is 7.44. The molecule has 3 amide bonds. The highest BCUT2D eigenvalue weighted by molar-refractivity contribution is 5.81. The van der Waals surface area contributed by atoms with Gasteiger partial charge in [-0.25, -0.2) is 4.79 Å². The number of urea groups is 1. The van der Waals surface area contributed by atoms with Crippen molar-refractivity contribution in [3.05, 3.63) is 0 Å². The highest BCUT2D eigenvalue weighted by Crippen LogP contribution is 1.91. The lowest BCUT2D eigenvalue weighted by atomic mass is 10.4. The predicted molar refractivity (Wildman–Crippen MR) is 63.2 cm³/mol. The van der Waals surface area contributed by atoms with Gasteiger partial charge in [0.1, 0.15) is 6.54 Å². The Morgan fingerprint density at radius 2 is 2.00 bits per heavy atom. The van der Waals surface area contributed by atoms with E-state index in [4.69, 9.17) is 9.84 Å². The zero-order valence-electron chi connectivity index (χ0n) is 10.6. The van der Waals surface area contributed by atoms with Crippen molar-refractivity contribution in [2.75, 3.05) is 40.4 Å². The highest BCUT2D eigenvalue weighted by atomic mass is 16.5. The van der Waals surface area contributed by atoms with Crippen LogP contribution >= 0.6 is 0 Å². The van der Waals surface area contributed by atoms with Crippen LogP contribution in [0.2, 0.25) is 0 Å². The highest BCUT2D eigenvalue weighted by Gasteiger charge is 2.16. The molecular weight excluding hydrogens is 242 g/mol. The Balaban J connectivity index is 4.11. The van der Waals surface area contributed by atoms with Crippen LogP contribution in [-0.2, 0) is 14.3 Å². The van der Waals surface area contributed by atoms with E-state index in [1.165, 1.54) is 14.2 Å². The van der Waals surface area contributed by atoms with E-state index in [1.54, 1.807) is 0 Å². The molecule has 104 valence electrons. The summed E-state index contributed by atoms with van der Waals surface area (Å²) in [6.07, 6.45) is 0.146. The van der Waals surface area contributed by atoms with Crippen molar-refractivity contribution in [3.63, 3.8) is 0 Å². The number of hydrogen-bond donors (Lipinski definition) is 3. The first-order valence-corrected chi connectivity index (χ1v) is 5.45. The maximum atomic E-state index is 11.6. The second-order valence-corrected chi connectivity index (χ2v) is 3.46. The second kappa shape index (κ2) is 9.23. The molecule has 0 aliphatic rings. The average Bonchev–Trinajstić information content (AvgIpc) is 2.33. The number of carbonyl (C=O) groups excluding carboxylic acids is 2. The van der Waals surface area contributed by atoms with E-state index in [1.807, 2.05) is 0 Å². The average molecular weight is 261 g/mol. The molecule has 0 saturated heterocycles. The molecule has 0 radical (unpaired) electrons. The molecule has 0 aromatic rings. The van der Waals surface area contributed by atoms with Crippen LogP contribution in [0.15, 0.2) is 0 Å². The first-order chi connectivity index (χ1) is 8.51. The molecule has 0 spiro atoms. The molecule has 0 aliphatic carbocycles. The molecule has 0 aliphatic heterocycles. The third-order valence-corrected chi connectivity index (χ3v) is 2.09. The van der Waals surface area contributed by atoms with Gasteiger partial charge in [-0.15, -0.1) is 0 Å². The molecule has 8 heteroatoms. The maximum Gasteiger partial charge on any atom is 0.323 e. The molecule has 0 fully saturated rings. The lowest BCUT2D eigenvalue weighted by molar-refractivity contribution is -0.137. The van der Waals surface area contributed by atoms with Crippen molar-refractivity contribution < 1.29 is 24.2 Å². The van der Waals surface area contributed by atoms with Crippen molar-refractivity contribution in [2.45, 2.75) is 6.42 Å². The topological polar surface area (TPSA) is 108 Å². The second-order valence-electron chi connectivity index (χ2n) is 3.46. The summed E-state index contributed by atoms with van der Waals surface area (Å²) in [4.78, 5) is 34.2. The molecule has 0 heterocycles. The number of nitrogens with one attached hydrogen (secondary N) is 2. The summed E-state index contributed by atoms with van der Waals surface area (Å²) >= 11 is 0. The molecular formula is C10H19N3O5. The number of methoxy groups -OCH3 is 1. The van der Waals surface area contributed by atoms with E-state index in [9.17, 15) is 14.4 Å². The fourth-order valence-electron chi connectivity index (χ4n) is 1.14. The molecule has 0 aromatic carbocycles. The van der Waals surface area contributed by atoms with Crippen molar-refractivity contribution >= 4 is 17.9 Å². The van der Waals surface area contributed by atoms with Gasteiger partial charge >= 0.3 is 12.0 Å². The van der Waals surface area contributed by atoms with Crippen LogP contribution in [0.5, 0.6) is 0 Å². The summed E-state index contributed by atoms with van der Waals surface area (Å²) in [7, 11) is 2.96.